The molecule has 1 aliphatic rings. The van der Waals surface area contributed by atoms with Gasteiger partial charge in [0.25, 0.3) is 0 Å². The standard InChI is InChI=1S/C14H19F2NO/c15-12-4-3-11(9-13(12)16)5-8-17-14(10-18)6-1-2-7-14/h3-4,9,17-18H,1-2,5-8,10H2. The van der Waals surface area contributed by atoms with E-state index in [2.05, 4.69) is 5.32 Å². The zero-order valence-corrected chi connectivity index (χ0v) is 10.4. The largest absolute Gasteiger partial charge is 0.394 e. The highest BCUT2D eigenvalue weighted by Gasteiger charge is 2.32. The van der Waals surface area contributed by atoms with Crippen molar-refractivity contribution in [3.05, 3.63) is 35.4 Å². The highest BCUT2D eigenvalue weighted by Crippen LogP contribution is 2.28. The van der Waals surface area contributed by atoms with Crippen LogP contribution in [0.2, 0.25) is 0 Å². The summed E-state index contributed by atoms with van der Waals surface area (Å²) >= 11 is 0. The molecular weight excluding hydrogens is 236 g/mol. The Bertz CT molecular complexity index is 403. The van der Waals surface area contributed by atoms with Gasteiger partial charge in [0.15, 0.2) is 11.6 Å². The van der Waals surface area contributed by atoms with Gasteiger partial charge in [0.2, 0.25) is 0 Å². The smallest absolute Gasteiger partial charge is 0.159 e. The highest BCUT2D eigenvalue weighted by atomic mass is 19.2. The molecule has 1 saturated carbocycles. The molecule has 0 saturated heterocycles. The summed E-state index contributed by atoms with van der Waals surface area (Å²) in [4.78, 5) is 0. The maximum Gasteiger partial charge on any atom is 0.159 e. The van der Waals surface area contributed by atoms with Crippen molar-refractivity contribution in [2.75, 3.05) is 13.2 Å². The van der Waals surface area contributed by atoms with Crippen molar-refractivity contribution in [2.24, 2.45) is 0 Å². The third-order valence-electron chi connectivity index (χ3n) is 3.76. The van der Waals surface area contributed by atoms with Crippen LogP contribution >= 0.6 is 0 Å². The Kier molecular flexibility index (Phi) is 4.30. The Labute approximate surface area is 106 Å². The number of hydrogen-bond donors (Lipinski definition) is 2. The van der Waals surface area contributed by atoms with E-state index in [1.807, 2.05) is 0 Å². The Morgan fingerprint density at radius 2 is 1.89 bits per heavy atom. The van der Waals surface area contributed by atoms with Crippen LogP contribution in [-0.2, 0) is 6.42 Å². The second-order valence-electron chi connectivity index (χ2n) is 5.07. The van der Waals surface area contributed by atoms with Gasteiger partial charge in [-0.1, -0.05) is 18.9 Å². The van der Waals surface area contributed by atoms with Crippen molar-refractivity contribution < 1.29 is 13.9 Å². The fourth-order valence-electron chi connectivity index (χ4n) is 2.61. The summed E-state index contributed by atoms with van der Waals surface area (Å²) in [6.07, 6.45) is 4.89. The van der Waals surface area contributed by atoms with E-state index >= 15 is 0 Å². The maximum absolute atomic E-state index is 13.0. The molecule has 1 fully saturated rings. The van der Waals surface area contributed by atoms with E-state index < -0.39 is 11.6 Å². The SMILES string of the molecule is OCC1(NCCc2ccc(F)c(F)c2)CCCC1. The Hall–Kier alpha value is -1.00. The molecule has 0 unspecified atom stereocenters. The monoisotopic (exact) mass is 255 g/mol. The minimum atomic E-state index is -0.811. The number of halogens is 2. The van der Waals surface area contributed by atoms with Gasteiger partial charge in [0.1, 0.15) is 0 Å². The van der Waals surface area contributed by atoms with Gasteiger partial charge in [-0.25, -0.2) is 8.78 Å². The molecule has 0 radical (unpaired) electrons. The van der Waals surface area contributed by atoms with Crippen molar-refractivity contribution in [1.29, 1.82) is 0 Å². The molecule has 0 amide bonds. The van der Waals surface area contributed by atoms with Gasteiger partial charge in [0, 0.05) is 5.54 Å². The Balaban J connectivity index is 1.86. The molecule has 0 spiro atoms. The molecule has 0 aromatic heterocycles. The summed E-state index contributed by atoms with van der Waals surface area (Å²) in [5.74, 6) is -1.61. The lowest BCUT2D eigenvalue weighted by atomic mass is 9.98. The van der Waals surface area contributed by atoms with Gasteiger partial charge < -0.3 is 10.4 Å². The van der Waals surface area contributed by atoms with Gasteiger partial charge in [-0.05, 0) is 43.5 Å². The van der Waals surface area contributed by atoms with E-state index in [4.69, 9.17) is 0 Å². The Morgan fingerprint density at radius 1 is 1.17 bits per heavy atom. The molecule has 0 heterocycles. The van der Waals surface area contributed by atoms with E-state index in [1.165, 1.54) is 6.07 Å². The fourth-order valence-corrected chi connectivity index (χ4v) is 2.61. The quantitative estimate of drug-likeness (QED) is 0.846. The van der Waals surface area contributed by atoms with E-state index in [-0.39, 0.29) is 12.1 Å². The van der Waals surface area contributed by atoms with E-state index in [1.54, 1.807) is 6.07 Å². The summed E-state index contributed by atoms with van der Waals surface area (Å²) < 4.78 is 25.8. The average Bonchev–Trinajstić information content (AvgIpc) is 2.83. The van der Waals surface area contributed by atoms with Crippen LogP contribution in [-0.4, -0.2) is 23.8 Å². The van der Waals surface area contributed by atoms with Crippen LogP contribution in [0.3, 0.4) is 0 Å². The van der Waals surface area contributed by atoms with Gasteiger partial charge in [-0.15, -0.1) is 0 Å². The van der Waals surface area contributed by atoms with Gasteiger partial charge in [-0.3, -0.25) is 0 Å². The highest BCUT2D eigenvalue weighted by molar-refractivity contribution is 5.18. The van der Waals surface area contributed by atoms with Crippen LogP contribution in [0.15, 0.2) is 18.2 Å². The number of rotatable bonds is 5. The predicted molar refractivity (Wildman–Crippen MR) is 66.3 cm³/mol. The molecule has 0 atom stereocenters. The van der Waals surface area contributed by atoms with Gasteiger partial charge in [-0.2, -0.15) is 0 Å². The minimum absolute atomic E-state index is 0.144. The van der Waals surface area contributed by atoms with Crippen molar-refractivity contribution in [1.82, 2.24) is 5.32 Å². The van der Waals surface area contributed by atoms with Crippen molar-refractivity contribution >= 4 is 0 Å². The average molecular weight is 255 g/mol. The zero-order valence-electron chi connectivity index (χ0n) is 10.4. The lowest BCUT2D eigenvalue weighted by Crippen LogP contribution is -2.46. The second kappa shape index (κ2) is 5.76. The van der Waals surface area contributed by atoms with Crippen molar-refractivity contribution in [3.63, 3.8) is 0 Å². The molecule has 0 bridgehead atoms. The first-order chi connectivity index (χ1) is 8.65. The zero-order chi connectivity index (χ0) is 13.0. The molecule has 2 rings (SSSR count). The molecule has 18 heavy (non-hydrogen) atoms. The van der Waals surface area contributed by atoms with Crippen LogP contribution in [0.1, 0.15) is 31.2 Å². The van der Waals surface area contributed by atoms with Crippen LogP contribution < -0.4 is 5.32 Å². The van der Waals surface area contributed by atoms with E-state index in [9.17, 15) is 13.9 Å². The summed E-state index contributed by atoms with van der Waals surface area (Å²) in [6.45, 7) is 0.816. The summed E-state index contributed by atoms with van der Waals surface area (Å²) in [7, 11) is 0. The number of aliphatic hydroxyl groups excluding tert-OH is 1. The molecule has 1 aromatic rings. The van der Waals surface area contributed by atoms with E-state index in [0.29, 0.717) is 13.0 Å². The first-order valence-corrected chi connectivity index (χ1v) is 6.45. The van der Waals surface area contributed by atoms with Gasteiger partial charge >= 0.3 is 0 Å². The normalized spacial score (nSPS) is 18.2. The third-order valence-corrected chi connectivity index (χ3v) is 3.76. The predicted octanol–water partition coefficient (Wildman–Crippen LogP) is 2.40. The van der Waals surface area contributed by atoms with Crippen LogP contribution in [0.4, 0.5) is 8.78 Å². The summed E-state index contributed by atoms with van der Waals surface area (Å²) in [6, 6.07) is 3.99. The maximum atomic E-state index is 13.0. The van der Waals surface area contributed by atoms with Crippen LogP contribution in [0.25, 0.3) is 0 Å². The molecule has 2 nitrogen and oxygen atoms in total. The topological polar surface area (TPSA) is 32.3 Å². The first kappa shape index (κ1) is 13.4. The lowest BCUT2D eigenvalue weighted by molar-refractivity contribution is 0.165. The van der Waals surface area contributed by atoms with E-state index in [0.717, 1.165) is 37.3 Å². The Morgan fingerprint density at radius 3 is 2.50 bits per heavy atom. The molecule has 0 aliphatic heterocycles. The number of benzene rings is 1. The number of hydrogen-bond acceptors (Lipinski definition) is 2. The van der Waals surface area contributed by atoms with Gasteiger partial charge in [0.05, 0.1) is 6.61 Å². The molecule has 100 valence electrons. The molecular formula is C14H19F2NO. The molecule has 1 aliphatic carbocycles. The minimum Gasteiger partial charge on any atom is -0.394 e. The number of nitrogens with one attached hydrogen (secondary N) is 1. The molecule has 2 N–H and O–H groups in total. The first-order valence-electron chi connectivity index (χ1n) is 6.45. The van der Waals surface area contributed by atoms with Crippen molar-refractivity contribution in [3.8, 4) is 0 Å². The lowest BCUT2D eigenvalue weighted by Gasteiger charge is -2.28. The summed E-state index contributed by atoms with van der Waals surface area (Å²) in [5.41, 5.74) is 0.617. The third kappa shape index (κ3) is 3.06. The summed E-state index contributed by atoms with van der Waals surface area (Å²) in [5, 5.41) is 12.8. The van der Waals surface area contributed by atoms with Crippen LogP contribution in [0, 0.1) is 11.6 Å². The molecule has 4 heteroatoms. The van der Waals surface area contributed by atoms with Crippen LogP contribution in [0.5, 0.6) is 0 Å². The number of aliphatic hydroxyl groups is 1. The molecule has 1 aromatic carbocycles. The fraction of sp³-hybridized carbons (Fsp3) is 0.571. The second-order valence-corrected chi connectivity index (χ2v) is 5.07. The van der Waals surface area contributed by atoms with Crippen molar-refractivity contribution in [2.45, 2.75) is 37.6 Å².